The predicted molar refractivity (Wildman–Crippen MR) is 133 cm³/mol. The van der Waals surface area contributed by atoms with Crippen LogP contribution >= 0.6 is 11.6 Å². The smallest absolute Gasteiger partial charge is 0.355 e. The first kappa shape index (κ1) is 25.3. The highest BCUT2D eigenvalue weighted by Gasteiger charge is 2.30. The van der Waals surface area contributed by atoms with Crippen molar-refractivity contribution in [3.05, 3.63) is 83.0 Å². The standard InChI is InChI=1S/C25H23ClF3N5O2/c26-19-6-2-17(3-7-19)23(35)34-13-1-12-33(14-15-34)22-11-10-21(16-30-22)32-24(36)31-20-8-4-18(5-9-20)25(27,28)29/h2-11,16H,1,12-15H2,(H2,31,32,36). The van der Waals surface area contributed by atoms with Crippen LogP contribution < -0.4 is 15.5 Å². The zero-order chi connectivity index (χ0) is 25.7. The van der Waals surface area contributed by atoms with Crippen molar-refractivity contribution in [2.24, 2.45) is 0 Å². The number of urea groups is 1. The fraction of sp³-hybridized carbons (Fsp3) is 0.240. The van der Waals surface area contributed by atoms with Gasteiger partial charge in [-0.05, 0) is 67.1 Å². The molecule has 36 heavy (non-hydrogen) atoms. The number of benzene rings is 2. The maximum absolute atomic E-state index is 12.8. The average molecular weight is 518 g/mol. The number of hydrogen-bond acceptors (Lipinski definition) is 4. The van der Waals surface area contributed by atoms with Gasteiger partial charge in [0.25, 0.3) is 5.91 Å². The molecule has 0 saturated carbocycles. The van der Waals surface area contributed by atoms with Crippen molar-refractivity contribution in [3.8, 4) is 0 Å². The Balaban J connectivity index is 1.30. The van der Waals surface area contributed by atoms with Crippen LogP contribution in [0.2, 0.25) is 5.02 Å². The van der Waals surface area contributed by atoms with Crippen LogP contribution in [0.1, 0.15) is 22.3 Å². The minimum absolute atomic E-state index is 0.0416. The number of carbonyl (C=O) groups excluding carboxylic acids is 2. The Morgan fingerprint density at radius 2 is 1.50 bits per heavy atom. The molecule has 1 fully saturated rings. The molecule has 1 aliphatic rings. The van der Waals surface area contributed by atoms with Gasteiger partial charge in [0, 0.05) is 42.5 Å². The Bertz CT molecular complexity index is 1200. The van der Waals surface area contributed by atoms with Gasteiger partial charge in [0.05, 0.1) is 17.4 Å². The lowest BCUT2D eigenvalue weighted by Crippen LogP contribution is -2.35. The molecule has 4 rings (SSSR count). The van der Waals surface area contributed by atoms with Crippen molar-refractivity contribution >= 4 is 40.7 Å². The molecule has 3 aromatic rings. The van der Waals surface area contributed by atoms with Crippen LogP contribution in [0.25, 0.3) is 0 Å². The van der Waals surface area contributed by atoms with Crippen molar-refractivity contribution in [2.75, 3.05) is 41.7 Å². The third-order valence-electron chi connectivity index (χ3n) is 5.67. The minimum Gasteiger partial charge on any atom is -0.355 e. The van der Waals surface area contributed by atoms with E-state index in [1.165, 1.54) is 18.3 Å². The summed E-state index contributed by atoms with van der Waals surface area (Å²) in [4.78, 5) is 33.3. The summed E-state index contributed by atoms with van der Waals surface area (Å²) < 4.78 is 38.0. The normalized spacial score (nSPS) is 14.2. The lowest BCUT2D eigenvalue weighted by atomic mass is 10.2. The zero-order valence-corrected chi connectivity index (χ0v) is 19.8. The summed E-state index contributed by atoms with van der Waals surface area (Å²) in [5, 5.41) is 5.67. The number of alkyl halides is 3. The molecule has 2 heterocycles. The van der Waals surface area contributed by atoms with Crippen LogP contribution in [0.15, 0.2) is 66.9 Å². The second-order valence-electron chi connectivity index (χ2n) is 8.20. The maximum Gasteiger partial charge on any atom is 0.416 e. The van der Waals surface area contributed by atoms with Gasteiger partial charge in [0.2, 0.25) is 0 Å². The number of pyridine rings is 1. The molecular weight excluding hydrogens is 495 g/mol. The Hall–Kier alpha value is -3.79. The Labute approximate surface area is 210 Å². The van der Waals surface area contributed by atoms with Crippen molar-refractivity contribution in [3.63, 3.8) is 0 Å². The van der Waals surface area contributed by atoms with E-state index in [9.17, 15) is 22.8 Å². The van der Waals surface area contributed by atoms with E-state index < -0.39 is 17.8 Å². The van der Waals surface area contributed by atoms with Crippen molar-refractivity contribution < 1.29 is 22.8 Å². The molecule has 0 radical (unpaired) electrons. The molecule has 1 aliphatic heterocycles. The highest BCUT2D eigenvalue weighted by molar-refractivity contribution is 6.30. The molecule has 0 bridgehead atoms. The van der Waals surface area contributed by atoms with E-state index in [2.05, 4.69) is 20.5 Å². The number of carbonyl (C=O) groups is 2. The first-order valence-electron chi connectivity index (χ1n) is 11.2. The third kappa shape index (κ3) is 6.45. The fourth-order valence-electron chi connectivity index (χ4n) is 3.81. The summed E-state index contributed by atoms with van der Waals surface area (Å²) in [7, 11) is 0. The number of hydrogen-bond donors (Lipinski definition) is 2. The molecule has 3 amide bonds. The number of rotatable bonds is 4. The van der Waals surface area contributed by atoms with Gasteiger partial charge in [-0.1, -0.05) is 11.6 Å². The van der Waals surface area contributed by atoms with Gasteiger partial charge in [-0.15, -0.1) is 0 Å². The average Bonchev–Trinajstić information content (AvgIpc) is 3.11. The Morgan fingerprint density at radius 3 is 2.14 bits per heavy atom. The molecule has 0 atom stereocenters. The molecule has 0 spiro atoms. The summed E-state index contributed by atoms with van der Waals surface area (Å²) in [5.74, 6) is 0.671. The number of amides is 3. The van der Waals surface area contributed by atoms with Crippen molar-refractivity contribution in [2.45, 2.75) is 12.6 Å². The van der Waals surface area contributed by atoms with E-state index in [0.29, 0.717) is 41.7 Å². The molecule has 0 aliphatic carbocycles. The first-order chi connectivity index (χ1) is 17.2. The van der Waals surface area contributed by atoms with E-state index in [4.69, 9.17) is 11.6 Å². The molecule has 188 valence electrons. The molecule has 0 unspecified atom stereocenters. The van der Waals surface area contributed by atoms with E-state index in [0.717, 1.165) is 25.1 Å². The van der Waals surface area contributed by atoms with Gasteiger partial charge < -0.3 is 20.4 Å². The quantitative estimate of drug-likeness (QED) is 0.462. The van der Waals surface area contributed by atoms with Crippen LogP contribution in [0, 0.1) is 0 Å². The number of aromatic nitrogens is 1. The van der Waals surface area contributed by atoms with Crippen molar-refractivity contribution in [1.29, 1.82) is 0 Å². The number of nitrogens with zero attached hydrogens (tertiary/aromatic N) is 3. The predicted octanol–water partition coefficient (Wildman–Crippen LogP) is 5.75. The summed E-state index contributed by atoms with van der Waals surface area (Å²) in [6, 6.07) is 13.9. The van der Waals surface area contributed by atoms with Gasteiger partial charge in [-0.3, -0.25) is 4.79 Å². The van der Waals surface area contributed by atoms with Crippen molar-refractivity contribution in [1.82, 2.24) is 9.88 Å². The molecule has 7 nitrogen and oxygen atoms in total. The second kappa shape index (κ2) is 10.9. The number of nitrogens with one attached hydrogen (secondary N) is 2. The largest absolute Gasteiger partial charge is 0.416 e. The van der Waals surface area contributed by atoms with Crippen LogP contribution in [0.4, 0.5) is 35.2 Å². The van der Waals surface area contributed by atoms with Gasteiger partial charge in [-0.25, -0.2) is 9.78 Å². The topological polar surface area (TPSA) is 77.6 Å². The van der Waals surface area contributed by atoms with Crippen LogP contribution in [0.5, 0.6) is 0 Å². The fourth-order valence-corrected chi connectivity index (χ4v) is 3.93. The van der Waals surface area contributed by atoms with E-state index in [1.807, 2.05) is 4.90 Å². The van der Waals surface area contributed by atoms with Gasteiger partial charge >= 0.3 is 12.2 Å². The number of anilines is 3. The SMILES string of the molecule is O=C(Nc1ccc(C(F)(F)F)cc1)Nc1ccc(N2CCCN(C(=O)c3ccc(Cl)cc3)CC2)nc1. The molecule has 1 saturated heterocycles. The van der Waals surface area contributed by atoms with E-state index in [-0.39, 0.29) is 11.6 Å². The van der Waals surface area contributed by atoms with E-state index in [1.54, 1.807) is 36.4 Å². The lowest BCUT2D eigenvalue weighted by molar-refractivity contribution is -0.137. The van der Waals surface area contributed by atoms with E-state index >= 15 is 0 Å². The molecule has 1 aromatic heterocycles. The molecule has 2 N–H and O–H groups in total. The molecule has 2 aromatic carbocycles. The zero-order valence-electron chi connectivity index (χ0n) is 19.1. The first-order valence-corrected chi connectivity index (χ1v) is 11.6. The van der Waals surface area contributed by atoms with Gasteiger partial charge in [-0.2, -0.15) is 13.2 Å². The summed E-state index contributed by atoms with van der Waals surface area (Å²) in [5.41, 5.74) is 0.458. The monoisotopic (exact) mass is 517 g/mol. The number of halogens is 4. The summed E-state index contributed by atoms with van der Waals surface area (Å²) in [6.45, 7) is 2.49. The third-order valence-corrected chi connectivity index (χ3v) is 5.93. The second-order valence-corrected chi connectivity index (χ2v) is 8.64. The van der Waals surface area contributed by atoms with Gasteiger partial charge in [0.15, 0.2) is 0 Å². The van der Waals surface area contributed by atoms with Gasteiger partial charge in [0.1, 0.15) is 5.82 Å². The van der Waals surface area contributed by atoms with Crippen LogP contribution in [0.3, 0.4) is 0 Å². The lowest BCUT2D eigenvalue weighted by Gasteiger charge is -2.23. The Kier molecular flexibility index (Phi) is 7.64. The Morgan fingerprint density at radius 1 is 0.833 bits per heavy atom. The maximum atomic E-state index is 12.8. The highest BCUT2D eigenvalue weighted by Crippen LogP contribution is 2.29. The molecule has 11 heteroatoms. The van der Waals surface area contributed by atoms with Crippen LogP contribution in [-0.2, 0) is 6.18 Å². The molecular formula is C25H23ClF3N5O2. The minimum atomic E-state index is -4.44. The summed E-state index contributed by atoms with van der Waals surface area (Å²) in [6.07, 6.45) is -2.16. The van der Waals surface area contributed by atoms with Crippen LogP contribution in [-0.4, -0.2) is 48.0 Å². The summed E-state index contributed by atoms with van der Waals surface area (Å²) >= 11 is 5.91. The highest BCUT2D eigenvalue weighted by atomic mass is 35.5.